The number of hydrogen-bond donors (Lipinski definition) is 2. The fourth-order valence-corrected chi connectivity index (χ4v) is 2.56. The minimum absolute atomic E-state index is 0.217. The smallest absolute Gasteiger partial charge is 0.320 e. The number of pyridine rings is 1. The van der Waals surface area contributed by atoms with Gasteiger partial charge in [0.15, 0.2) is 0 Å². The van der Waals surface area contributed by atoms with E-state index in [2.05, 4.69) is 34.4 Å². The predicted octanol–water partition coefficient (Wildman–Crippen LogP) is 1.62. The number of hydrogen-bond acceptors (Lipinski definition) is 4. The van der Waals surface area contributed by atoms with Crippen LogP contribution in [0, 0.1) is 6.92 Å². The molecule has 2 N–H and O–H groups in total. The zero-order valence-electron chi connectivity index (χ0n) is 12.9. The summed E-state index contributed by atoms with van der Waals surface area (Å²) in [6.07, 6.45) is 2.16. The molecule has 1 aromatic heterocycles. The van der Waals surface area contributed by atoms with Gasteiger partial charge in [0, 0.05) is 32.4 Å². The van der Waals surface area contributed by atoms with E-state index in [1.807, 2.05) is 19.1 Å². The first kappa shape index (κ1) is 15.7. The van der Waals surface area contributed by atoms with Crippen LogP contribution in [0.5, 0.6) is 0 Å². The molecular weight excluding hydrogens is 268 g/mol. The van der Waals surface area contributed by atoms with Crippen LogP contribution in [0.3, 0.4) is 0 Å². The quantitative estimate of drug-likeness (QED) is 0.885. The summed E-state index contributed by atoms with van der Waals surface area (Å²) in [5.74, 6) is 0.601. The number of aryl methyl sites for hydroxylation is 1. The summed E-state index contributed by atoms with van der Waals surface area (Å²) in [4.78, 5) is 18.3. The Morgan fingerprint density at radius 2 is 2.14 bits per heavy atom. The first-order valence-electron chi connectivity index (χ1n) is 7.39. The van der Waals surface area contributed by atoms with Gasteiger partial charge in [-0.15, -0.1) is 0 Å². The number of nitrogens with one attached hydrogen (secondary N) is 2. The number of nitrogens with zero attached hydrogens (tertiary/aromatic N) is 2. The second-order valence-electron chi connectivity index (χ2n) is 5.57. The number of anilines is 1. The van der Waals surface area contributed by atoms with Crippen molar-refractivity contribution < 1.29 is 9.53 Å². The molecule has 1 fully saturated rings. The molecule has 21 heavy (non-hydrogen) atoms. The topological polar surface area (TPSA) is 66.5 Å². The third kappa shape index (κ3) is 4.99. The van der Waals surface area contributed by atoms with E-state index < -0.39 is 0 Å². The number of carbonyl (C=O) groups is 1. The largest absolute Gasteiger partial charge is 0.373 e. The molecule has 2 atom stereocenters. The van der Waals surface area contributed by atoms with Crippen LogP contribution >= 0.6 is 0 Å². The summed E-state index contributed by atoms with van der Waals surface area (Å²) in [6.45, 7) is 9.32. The van der Waals surface area contributed by atoms with E-state index in [-0.39, 0.29) is 18.2 Å². The summed E-state index contributed by atoms with van der Waals surface area (Å²) >= 11 is 0. The molecule has 116 valence electrons. The molecular formula is C15H24N4O2. The van der Waals surface area contributed by atoms with Crippen molar-refractivity contribution in [2.24, 2.45) is 0 Å². The van der Waals surface area contributed by atoms with Gasteiger partial charge in [0.2, 0.25) is 0 Å². The molecule has 0 aromatic carbocycles. The van der Waals surface area contributed by atoms with Crippen LogP contribution in [0.4, 0.5) is 10.6 Å². The number of carbonyl (C=O) groups excluding carboxylic acids is 1. The van der Waals surface area contributed by atoms with Gasteiger partial charge < -0.3 is 10.1 Å². The molecule has 1 aromatic rings. The van der Waals surface area contributed by atoms with E-state index in [0.29, 0.717) is 12.4 Å². The highest BCUT2D eigenvalue weighted by Gasteiger charge is 2.21. The number of urea groups is 1. The lowest BCUT2D eigenvalue weighted by molar-refractivity contribution is -0.0672. The average Bonchev–Trinajstić information content (AvgIpc) is 2.40. The monoisotopic (exact) mass is 292 g/mol. The summed E-state index contributed by atoms with van der Waals surface area (Å²) in [5.41, 5.74) is 0.948. The molecule has 6 heteroatoms. The lowest BCUT2D eigenvalue weighted by Gasteiger charge is -2.35. The van der Waals surface area contributed by atoms with Crippen molar-refractivity contribution in [3.05, 3.63) is 23.9 Å². The fraction of sp³-hybridized carbons (Fsp3) is 0.600. The Labute approximate surface area is 125 Å². The van der Waals surface area contributed by atoms with Crippen LogP contribution < -0.4 is 10.6 Å². The number of morpholine rings is 1. The van der Waals surface area contributed by atoms with Crippen LogP contribution in [0.25, 0.3) is 0 Å². The van der Waals surface area contributed by atoms with Crippen LogP contribution in [0.2, 0.25) is 0 Å². The third-order valence-corrected chi connectivity index (χ3v) is 3.45. The maximum atomic E-state index is 11.8. The Bertz CT molecular complexity index is 470. The minimum atomic E-state index is -0.217. The Morgan fingerprint density at radius 1 is 1.43 bits per heavy atom. The lowest BCUT2D eigenvalue weighted by Crippen LogP contribution is -2.48. The van der Waals surface area contributed by atoms with E-state index >= 15 is 0 Å². The van der Waals surface area contributed by atoms with E-state index in [9.17, 15) is 4.79 Å². The molecule has 1 aliphatic rings. The Kier molecular flexibility index (Phi) is 5.52. The normalized spacial score (nSPS) is 22.8. The second kappa shape index (κ2) is 7.38. The summed E-state index contributed by atoms with van der Waals surface area (Å²) in [7, 11) is 0. The number of aromatic nitrogens is 1. The highest BCUT2D eigenvalue weighted by molar-refractivity contribution is 5.88. The molecule has 2 heterocycles. The molecule has 6 nitrogen and oxygen atoms in total. The Hall–Kier alpha value is -1.66. The van der Waals surface area contributed by atoms with Gasteiger partial charge in [-0.2, -0.15) is 0 Å². The van der Waals surface area contributed by atoms with Crippen molar-refractivity contribution in [2.75, 3.05) is 31.5 Å². The van der Waals surface area contributed by atoms with Crippen LogP contribution in [0.1, 0.15) is 19.4 Å². The maximum Gasteiger partial charge on any atom is 0.320 e. The standard InChI is InChI=1S/C15H24N4O2/c1-11-5-4-6-16-14(11)18-15(20)17-7-8-19-9-12(2)21-13(3)10-19/h4-6,12-13H,7-10H2,1-3H3,(H2,16,17,18,20). The van der Waals surface area contributed by atoms with Crippen molar-refractivity contribution in [2.45, 2.75) is 33.0 Å². The van der Waals surface area contributed by atoms with Gasteiger partial charge in [-0.25, -0.2) is 9.78 Å². The van der Waals surface area contributed by atoms with Gasteiger partial charge in [0.05, 0.1) is 12.2 Å². The predicted molar refractivity (Wildman–Crippen MR) is 82.4 cm³/mol. The van der Waals surface area contributed by atoms with Crippen molar-refractivity contribution in [1.29, 1.82) is 0 Å². The summed E-state index contributed by atoms with van der Waals surface area (Å²) in [6, 6.07) is 3.55. The van der Waals surface area contributed by atoms with E-state index in [4.69, 9.17) is 4.74 Å². The maximum absolute atomic E-state index is 11.8. The van der Waals surface area contributed by atoms with Gasteiger partial charge in [0.25, 0.3) is 0 Å². The highest BCUT2D eigenvalue weighted by Crippen LogP contribution is 2.10. The molecule has 0 spiro atoms. The van der Waals surface area contributed by atoms with Crippen molar-refractivity contribution in [1.82, 2.24) is 15.2 Å². The minimum Gasteiger partial charge on any atom is -0.373 e. The summed E-state index contributed by atoms with van der Waals surface area (Å²) < 4.78 is 5.69. The van der Waals surface area contributed by atoms with Gasteiger partial charge >= 0.3 is 6.03 Å². The first-order valence-corrected chi connectivity index (χ1v) is 7.39. The van der Waals surface area contributed by atoms with Gasteiger partial charge in [0.1, 0.15) is 5.82 Å². The average molecular weight is 292 g/mol. The van der Waals surface area contributed by atoms with Gasteiger partial charge in [-0.1, -0.05) is 6.07 Å². The molecule has 0 radical (unpaired) electrons. The van der Waals surface area contributed by atoms with Crippen LogP contribution in [0.15, 0.2) is 18.3 Å². The molecule has 2 rings (SSSR count). The van der Waals surface area contributed by atoms with Gasteiger partial charge in [-0.05, 0) is 32.4 Å². The third-order valence-electron chi connectivity index (χ3n) is 3.45. The Balaban J connectivity index is 1.71. The van der Waals surface area contributed by atoms with Crippen LogP contribution in [-0.4, -0.2) is 54.3 Å². The lowest BCUT2D eigenvalue weighted by atomic mass is 10.2. The van der Waals surface area contributed by atoms with Gasteiger partial charge in [-0.3, -0.25) is 10.2 Å². The Morgan fingerprint density at radius 3 is 2.81 bits per heavy atom. The second-order valence-corrected chi connectivity index (χ2v) is 5.57. The molecule has 2 unspecified atom stereocenters. The molecule has 1 aliphatic heterocycles. The molecule has 0 bridgehead atoms. The zero-order valence-corrected chi connectivity index (χ0v) is 12.9. The molecule has 1 saturated heterocycles. The highest BCUT2D eigenvalue weighted by atomic mass is 16.5. The first-order chi connectivity index (χ1) is 10.0. The van der Waals surface area contributed by atoms with E-state index in [1.165, 1.54) is 0 Å². The van der Waals surface area contributed by atoms with E-state index in [0.717, 1.165) is 25.2 Å². The zero-order chi connectivity index (χ0) is 15.2. The van der Waals surface area contributed by atoms with Crippen molar-refractivity contribution in [3.63, 3.8) is 0 Å². The number of rotatable bonds is 4. The molecule has 2 amide bonds. The number of ether oxygens (including phenoxy) is 1. The molecule has 0 aliphatic carbocycles. The van der Waals surface area contributed by atoms with Crippen molar-refractivity contribution >= 4 is 11.8 Å². The number of amides is 2. The van der Waals surface area contributed by atoms with E-state index in [1.54, 1.807) is 6.20 Å². The van der Waals surface area contributed by atoms with Crippen LogP contribution in [-0.2, 0) is 4.74 Å². The summed E-state index contributed by atoms with van der Waals surface area (Å²) in [5, 5.41) is 5.62. The SMILES string of the molecule is Cc1cccnc1NC(=O)NCCN1CC(C)OC(C)C1. The van der Waals surface area contributed by atoms with Crippen molar-refractivity contribution in [3.8, 4) is 0 Å². The molecule has 0 saturated carbocycles. The fourth-order valence-electron chi connectivity index (χ4n) is 2.56.